The second-order valence-electron chi connectivity index (χ2n) is 3.01. The van der Waals surface area contributed by atoms with Crippen molar-refractivity contribution < 1.29 is 4.39 Å². The van der Waals surface area contributed by atoms with E-state index in [0.29, 0.717) is 13.0 Å². The molecule has 1 aromatic carbocycles. The van der Waals surface area contributed by atoms with E-state index in [1.807, 2.05) is 13.8 Å². The molecule has 0 aliphatic heterocycles. The fraction of sp³-hybridized carbons (Fsp3) is 0.400. The summed E-state index contributed by atoms with van der Waals surface area (Å²) in [6.45, 7) is 4.42. The van der Waals surface area contributed by atoms with Crippen LogP contribution in [0.5, 0.6) is 0 Å². The highest BCUT2D eigenvalue weighted by atomic mass is 19.1. The maximum absolute atomic E-state index is 13.2. The third-order valence-corrected chi connectivity index (χ3v) is 2.21. The van der Waals surface area contributed by atoms with Crippen molar-refractivity contribution in [2.24, 2.45) is 5.73 Å². The fourth-order valence-corrected chi connectivity index (χ4v) is 1.29. The molecule has 0 spiro atoms. The van der Waals surface area contributed by atoms with Crippen LogP contribution in [-0.2, 0) is 6.42 Å². The minimum absolute atomic E-state index is 0.136. The van der Waals surface area contributed by atoms with Crippen molar-refractivity contribution >= 4 is 0 Å². The Morgan fingerprint density at radius 3 is 2.58 bits per heavy atom. The number of aryl methyl sites for hydroxylation is 1. The van der Waals surface area contributed by atoms with E-state index < -0.39 is 0 Å². The summed E-state index contributed by atoms with van der Waals surface area (Å²) in [7, 11) is 0. The van der Waals surface area contributed by atoms with Crippen LogP contribution in [-0.4, -0.2) is 6.54 Å². The molecule has 66 valence electrons. The third-order valence-electron chi connectivity index (χ3n) is 2.21. The van der Waals surface area contributed by atoms with E-state index in [-0.39, 0.29) is 5.82 Å². The molecular formula is C10H14FN. The van der Waals surface area contributed by atoms with Crippen molar-refractivity contribution in [3.05, 3.63) is 34.6 Å². The Bertz CT molecular complexity index is 281. The molecule has 1 aromatic rings. The lowest BCUT2D eigenvalue weighted by Crippen LogP contribution is -2.06. The van der Waals surface area contributed by atoms with Crippen LogP contribution < -0.4 is 5.73 Å². The van der Waals surface area contributed by atoms with Gasteiger partial charge in [0.15, 0.2) is 0 Å². The van der Waals surface area contributed by atoms with Crippen molar-refractivity contribution in [3.63, 3.8) is 0 Å². The summed E-state index contributed by atoms with van der Waals surface area (Å²) >= 11 is 0. The summed E-state index contributed by atoms with van der Waals surface area (Å²) < 4.78 is 13.2. The van der Waals surface area contributed by atoms with E-state index >= 15 is 0 Å². The van der Waals surface area contributed by atoms with E-state index in [9.17, 15) is 4.39 Å². The van der Waals surface area contributed by atoms with E-state index in [2.05, 4.69) is 0 Å². The van der Waals surface area contributed by atoms with Crippen LogP contribution in [0.4, 0.5) is 4.39 Å². The van der Waals surface area contributed by atoms with Gasteiger partial charge in [0.2, 0.25) is 0 Å². The zero-order chi connectivity index (χ0) is 9.14. The van der Waals surface area contributed by atoms with Crippen molar-refractivity contribution in [1.29, 1.82) is 0 Å². The topological polar surface area (TPSA) is 26.0 Å². The molecule has 0 saturated carbocycles. The van der Waals surface area contributed by atoms with E-state index in [1.165, 1.54) is 6.07 Å². The Morgan fingerprint density at radius 2 is 2.00 bits per heavy atom. The van der Waals surface area contributed by atoms with Crippen LogP contribution in [0.2, 0.25) is 0 Å². The van der Waals surface area contributed by atoms with Crippen LogP contribution in [0.3, 0.4) is 0 Å². The molecule has 12 heavy (non-hydrogen) atoms. The second-order valence-corrected chi connectivity index (χ2v) is 3.01. The monoisotopic (exact) mass is 167 g/mol. The number of nitrogens with two attached hydrogens (primary N) is 1. The van der Waals surface area contributed by atoms with Crippen molar-refractivity contribution in [2.75, 3.05) is 6.54 Å². The molecule has 0 saturated heterocycles. The first-order valence-electron chi connectivity index (χ1n) is 4.11. The highest BCUT2D eigenvalue weighted by molar-refractivity contribution is 5.34. The maximum atomic E-state index is 13.2. The van der Waals surface area contributed by atoms with Crippen LogP contribution in [0.15, 0.2) is 12.1 Å². The molecule has 0 atom stereocenters. The van der Waals surface area contributed by atoms with Gasteiger partial charge in [-0.05, 0) is 49.6 Å². The minimum Gasteiger partial charge on any atom is -0.330 e. The van der Waals surface area contributed by atoms with Gasteiger partial charge >= 0.3 is 0 Å². The first kappa shape index (κ1) is 9.20. The van der Waals surface area contributed by atoms with Gasteiger partial charge in [0.1, 0.15) is 5.82 Å². The molecule has 1 rings (SSSR count). The lowest BCUT2D eigenvalue weighted by atomic mass is 10.0. The average Bonchev–Trinajstić information content (AvgIpc) is 2.06. The third kappa shape index (κ3) is 1.64. The minimum atomic E-state index is -0.136. The van der Waals surface area contributed by atoms with Crippen molar-refractivity contribution in [1.82, 2.24) is 0 Å². The van der Waals surface area contributed by atoms with E-state index in [4.69, 9.17) is 5.73 Å². The predicted octanol–water partition coefficient (Wildman–Crippen LogP) is 1.94. The Labute approximate surface area is 72.4 Å². The van der Waals surface area contributed by atoms with E-state index in [1.54, 1.807) is 6.07 Å². The van der Waals surface area contributed by atoms with Gasteiger partial charge in [0, 0.05) is 0 Å². The largest absolute Gasteiger partial charge is 0.330 e. The zero-order valence-electron chi connectivity index (χ0n) is 7.52. The maximum Gasteiger partial charge on any atom is 0.126 e. The Kier molecular flexibility index (Phi) is 2.82. The van der Waals surface area contributed by atoms with Crippen LogP contribution >= 0.6 is 0 Å². The molecule has 0 aliphatic carbocycles. The average molecular weight is 167 g/mol. The van der Waals surface area contributed by atoms with Crippen molar-refractivity contribution in [3.8, 4) is 0 Å². The van der Waals surface area contributed by atoms with Crippen molar-refractivity contribution in [2.45, 2.75) is 20.3 Å². The summed E-state index contributed by atoms with van der Waals surface area (Å²) in [5.41, 5.74) is 8.30. The van der Waals surface area contributed by atoms with Gasteiger partial charge < -0.3 is 5.73 Å². The second kappa shape index (κ2) is 3.68. The molecule has 1 nitrogen and oxygen atoms in total. The molecule has 0 radical (unpaired) electrons. The Balaban J connectivity index is 3.14. The van der Waals surface area contributed by atoms with E-state index in [0.717, 1.165) is 16.7 Å². The summed E-state index contributed by atoms with van der Waals surface area (Å²) in [6.07, 6.45) is 0.624. The summed E-state index contributed by atoms with van der Waals surface area (Å²) in [4.78, 5) is 0. The number of rotatable bonds is 2. The zero-order valence-corrected chi connectivity index (χ0v) is 7.52. The number of hydrogen-bond donors (Lipinski definition) is 1. The molecule has 0 bridgehead atoms. The SMILES string of the molecule is Cc1ccc(F)c(CCN)c1C. The summed E-state index contributed by atoms with van der Waals surface area (Å²) in [5, 5.41) is 0. The van der Waals surface area contributed by atoms with Crippen LogP contribution in [0.25, 0.3) is 0 Å². The van der Waals surface area contributed by atoms with Gasteiger partial charge in [-0.3, -0.25) is 0 Å². The highest BCUT2D eigenvalue weighted by Crippen LogP contribution is 2.16. The molecule has 2 N–H and O–H groups in total. The van der Waals surface area contributed by atoms with Gasteiger partial charge in [0.05, 0.1) is 0 Å². The Hall–Kier alpha value is -0.890. The first-order chi connectivity index (χ1) is 5.66. The van der Waals surface area contributed by atoms with Gasteiger partial charge in [0.25, 0.3) is 0 Å². The molecule has 0 unspecified atom stereocenters. The molecule has 2 heteroatoms. The van der Waals surface area contributed by atoms with Gasteiger partial charge in [-0.15, -0.1) is 0 Å². The highest BCUT2D eigenvalue weighted by Gasteiger charge is 2.05. The molecule has 0 amide bonds. The number of benzene rings is 1. The lowest BCUT2D eigenvalue weighted by molar-refractivity contribution is 0.607. The lowest BCUT2D eigenvalue weighted by Gasteiger charge is -2.08. The number of halogens is 1. The predicted molar refractivity (Wildman–Crippen MR) is 48.6 cm³/mol. The van der Waals surface area contributed by atoms with Crippen LogP contribution in [0, 0.1) is 19.7 Å². The standard InChI is InChI=1S/C10H14FN/c1-7-3-4-10(11)9(5-6-12)8(7)2/h3-4H,5-6,12H2,1-2H3. The quantitative estimate of drug-likeness (QED) is 0.715. The fourth-order valence-electron chi connectivity index (χ4n) is 1.29. The summed E-state index contributed by atoms with van der Waals surface area (Å²) in [6, 6.07) is 3.30. The first-order valence-corrected chi connectivity index (χ1v) is 4.11. The smallest absolute Gasteiger partial charge is 0.126 e. The van der Waals surface area contributed by atoms with Crippen LogP contribution in [0.1, 0.15) is 16.7 Å². The summed E-state index contributed by atoms with van der Waals surface area (Å²) in [5.74, 6) is -0.136. The molecule has 0 fully saturated rings. The molecule has 0 aliphatic rings. The van der Waals surface area contributed by atoms with Gasteiger partial charge in [-0.25, -0.2) is 4.39 Å². The normalized spacial score (nSPS) is 10.3. The van der Waals surface area contributed by atoms with Gasteiger partial charge in [-0.2, -0.15) is 0 Å². The molecule has 0 heterocycles. The number of hydrogen-bond acceptors (Lipinski definition) is 1. The van der Waals surface area contributed by atoms with Gasteiger partial charge in [-0.1, -0.05) is 6.07 Å². The molecular weight excluding hydrogens is 153 g/mol. The molecule has 0 aromatic heterocycles. The Morgan fingerprint density at radius 1 is 1.33 bits per heavy atom.